The molecule has 3 rings (SSSR count). The summed E-state index contributed by atoms with van der Waals surface area (Å²) in [7, 11) is -3.60. The molecule has 0 aromatic heterocycles. The van der Waals surface area contributed by atoms with E-state index in [0.29, 0.717) is 12.1 Å². The molecule has 0 fully saturated rings. The number of halogens is 1. The number of carbonyl (C=O) groups is 1. The number of hydrogen-bond donors (Lipinski definition) is 1. The van der Waals surface area contributed by atoms with E-state index in [0.717, 1.165) is 11.1 Å². The molecule has 0 aliphatic rings. The van der Waals surface area contributed by atoms with E-state index >= 15 is 0 Å². The molecule has 3 aromatic rings. The monoisotopic (exact) mass is 440 g/mol. The first kappa shape index (κ1) is 22.7. The molecule has 1 amide bonds. The van der Waals surface area contributed by atoms with Gasteiger partial charge < -0.3 is 5.32 Å². The van der Waals surface area contributed by atoms with Gasteiger partial charge in [0.05, 0.1) is 10.9 Å². The van der Waals surface area contributed by atoms with Crippen LogP contribution in [0.5, 0.6) is 0 Å². The third kappa shape index (κ3) is 5.57. The van der Waals surface area contributed by atoms with Crippen LogP contribution < -0.4 is 5.32 Å². The van der Waals surface area contributed by atoms with Crippen molar-refractivity contribution >= 4 is 15.9 Å². The minimum Gasteiger partial charge on any atom is -0.346 e. The van der Waals surface area contributed by atoms with Gasteiger partial charge in [-0.05, 0) is 54.4 Å². The zero-order valence-corrected chi connectivity index (χ0v) is 18.3. The fourth-order valence-electron chi connectivity index (χ4n) is 3.19. The summed E-state index contributed by atoms with van der Waals surface area (Å²) >= 11 is 0. The minimum absolute atomic E-state index is 0.210. The lowest BCUT2D eigenvalue weighted by Gasteiger charge is -2.21. The quantitative estimate of drug-likeness (QED) is 0.560. The van der Waals surface area contributed by atoms with Crippen LogP contribution in [0.3, 0.4) is 0 Å². The maximum absolute atomic E-state index is 13.1. The SMILES string of the molecule is CCN(Cc1ccc(C(=O)N[C@@H](C)c2ccc(F)cc2)cc1)S(=O)(=O)c1ccccc1. The van der Waals surface area contributed by atoms with Gasteiger partial charge in [-0.1, -0.05) is 49.4 Å². The molecule has 0 saturated carbocycles. The van der Waals surface area contributed by atoms with E-state index in [2.05, 4.69) is 5.32 Å². The predicted octanol–water partition coefficient (Wildman–Crippen LogP) is 4.53. The molecule has 162 valence electrons. The summed E-state index contributed by atoms with van der Waals surface area (Å²) in [6, 6.07) is 20.9. The van der Waals surface area contributed by atoms with Crippen molar-refractivity contribution in [1.29, 1.82) is 0 Å². The van der Waals surface area contributed by atoms with Crippen molar-refractivity contribution in [2.75, 3.05) is 6.54 Å². The van der Waals surface area contributed by atoms with Crippen molar-refractivity contribution in [3.8, 4) is 0 Å². The Morgan fingerprint density at radius 2 is 1.58 bits per heavy atom. The minimum atomic E-state index is -3.60. The van der Waals surface area contributed by atoms with Crippen molar-refractivity contribution in [2.45, 2.75) is 31.3 Å². The Morgan fingerprint density at radius 1 is 0.968 bits per heavy atom. The molecule has 1 N–H and O–H groups in total. The van der Waals surface area contributed by atoms with Crippen LogP contribution in [0.1, 0.15) is 41.4 Å². The first-order chi connectivity index (χ1) is 14.8. The second-order valence-corrected chi connectivity index (χ2v) is 9.13. The fourth-order valence-corrected chi connectivity index (χ4v) is 4.65. The van der Waals surface area contributed by atoms with Gasteiger partial charge >= 0.3 is 0 Å². The molecule has 31 heavy (non-hydrogen) atoms. The molecule has 0 unspecified atom stereocenters. The first-order valence-electron chi connectivity index (χ1n) is 10.0. The van der Waals surface area contributed by atoms with Crippen molar-refractivity contribution in [3.63, 3.8) is 0 Å². The number of amides is 1. The van der Waals surface area contributed by atoms with Crippen LogP contribution in [0.4, 0.5) is 4.39 Å². The van der Waals surface area contributed by atoms with Crippen LogP contribution in [0, 0.1) is 5.82 Å². The molecule has 5 nitrogen and oxygen atoms in total. The van der Waals surface area contributed by atoms with E-state index < -0.39 is 10.0 Å². The molecule has 0 radical (unpaired) electrons. The van der Waals surface area contributed by atoms with E-state index in [4.69, 9.17) is 0 Å². The van der Waals surface area contributed by atoms with Crippen LogP contribution >= 0.6 is 0 Å². The standard InChI is InChI=1S/C24H25FN2O3S/c1-3-27(31(29,30)23-7-5-4-6-8-23)17-19-9-11-21(12-10-19)24(28)26-18(2)20-13-15-22(25)16-14-20/h4-16,18H,3,17H2,1-2H3,(H,26,28)/t18-/m0/s1. The maximum atomic E-state index is 13.1. The second kappa shape index (κ2) is 9.85. The third-order valence-corrected chi connectivity index (χ3v) is 6.96. The average Bonchev–Trinajstić information content (AvgIpc) is 2.78. The van der Waals surface area contributed by atoms with Gasteiger partial charge in [-0.15, -0.1) is 0 Å². The van der Waals surface area contributed by atoms with Gasteiger partial charge in [-0.3, -0.25) is 4.79 Å². The van der Waals surface area contributed by atoms with Crippen LogP contribution in [-0.2, 0) is 16.6 Å². The molecule has 0 spiro atoms. The zero-order chi connectivity index (χ0) is 22.4. The maximum Gasteiger partial charge on any atom is 0.251 e. The summed E-state index contributed by atoms with van der Waals surface area (Å²) < 4.78 is 40.2. The van der Waals surface area contributed by atoms with E-state index in [1.165, 1.54) is 16.4 Å². The number of nitrogens with one attached hydrogen (secondary N) is 1. The molecule has 0 heterocycles. The molecule has 1 atom stereocenters. The third-order valence-electron chi connectivity index (χ3n) is 5.03. The smallest absolute Gasteiger partial charge is 0.251 e. The lowest BCUT2D eigenvalue weighted by Crippen LogP contribution is -2.30. The highest BCUT2D eigenvalue weighted by Crippen LogP contribution is 2.19. The Kier molecular flexibility index (Phi) is 7.20. The van der Waals surface area contributed by atoms with E-state index in [1.807, 2.05) is 6.92 Å². The van der Waals surface area contributed by atoms with Crippen LogP contribution in [-0.4, -0.2) is 25.2 Å². The fraction of sp³-hybridized carbons (Fsp3) is 0.208. The number of hydrogen-bond acceptors (Lipinski definition) is 3. The summed E-state index contributed by atoms with van der Waals surface area (Å²) in [6.07, 6.45) is 0. The van der Waals surface area contributed by atoms with Gasteiger partial charge in [0.2, 0.25) is 10.0 Å². The Hall–Kier alpha value is -3.03. The molecule has 7 heteroatoms. The van der Waals surface area contributed by atoms with Gasteiger partial charge in [-0.2, -0.15) is 4.31 Å². The Balaban J connectivity index is 1.67. The second-order valence-electron chi connectivity index (χ2n) is 7.19. The Morgan fingerprint density at radius 3 is 2.16 bits per heavy atom. The highest BCUT2D eigenvalue weighted by molar-refractivity contribution is 7.89. The molecular formula is C24H25FN2O3S. The van der Waals surface area contributed by atoms with Gasteiger partial charge in [0, 0.05) is 18.7 Å². The van der Waals surface area contributed by atoms with Crippen molar-refractivity contribution in [2.24, 2.45) is 0 Å². The highest BCUT2D eigenvalue weighted by atomic mass is 32.2. The lowest BCUT2D eigenvalue weighted by molar-refractivity contribution is 0.0940. The zero-order valence-electron chi connectivity index (χ0n) is 17.5. The molecular weight excluding hydrogens is 415 g/mol. The number of carbonyl (C=O) groups excluding carboxylic acids is 1. The molecule has 0 bridgehead atoms. The summed E-state index contributed by atoms with van der Waals surface area (Å²) in [5.41, 5.74) is 2.05. The number of sulfonamides is 1. The summed E-state index contributed by atoms with van der Waals surface area (Å²) in [6.45, 7) is 4.16. The normalized spacial score (nSPS) is 12.5. The van der Waals surface area contributed by atoms with Gasteiger partial charge in [0.1, 0.15) is 5.82 Å². The topological polar surface area (TPSA) is 66.5 Å². The van der Waals surface area contributed by atoms with Gasteiger partial charge in [-0.25, -0.2) is 12.8 Å². The number of nitrogens with zero attached hydrogens (tertiary/aromatic N) is 1. The van der Waals surface area contributed by atoms with E-state index in [-0.39, 0.29) is 29.2 Å². The van der Waals surface area contributed by atoms with Crippen LogP contribution in [0.25, 0.3) is 0 Å². The average molecular weight is 441 g/mol. The Labute approximate surface area is 182 Å². The molecule has 3 aromatic carbocycles. The van der Waals surface area contributed by atoms with Crippen molar-refractivity contribution < 1.29 is 17.6 Å². The summed E-state index contributed by atoms with van der Waals surface area (Å²) in [5, 5.41) is 2.88. The Bertz CT molecular complexity index is 1120. The first-order valence-corrected chi connectivity index (χ1v) is 11.5. The molecule has 0 saturated heterocycles. The largest absolute Gasteiger partial charge is 0.346 e. The predicted molar refractivity (Wildman–Crippen MR) is 118 cm³/mol. The lowest BCUT2D eigenvalue weighted by atomic mass is 10.1. The van der Waals surface area contributed by atoms with E-state index in [9.17, 15) is 17.6 Å². The molecule has 0 aliphatic carbocycles. The molecule has 0 aliphatic heterocycles. The highest BCUT2D eigenvalue weighted by Gasteiger charge is 2.23. The van der Waals surface area contributed by atoms with Crippen molar-refractivity contribution in [3.05, 3.63) is 101 Å². The van der Waals surface area contributed by atoms with Gasteiger partial charge in [0.25, 0.3) is 5.91 Å². The van der Waals surface area contributed by atoms with E-state index in [1.54, 1.807) is 73.7 Å². The van der Waals surface area contributed by atoms with Crippen LogP contribution in [0.15, 0.2) is 83.8 Å². The number of rotatable bonds is 8. The van der Waals surface area contributed by atoms with Crippen LogP contribution in [0.2, 0.25) is 0 Å². The summed E-state index contributed by atoms with van der Waals surface area (Å²) in [4.78, 5) is 12.8. The van der Waals surface area contributed by atoms with Gasteiger partial charge in [0.15, 0.2) is 0 Å². The van der Waals surface area contributed by atoms with Crippen molar-refractivity contribution in [1.82, 2.24) is 9.62 Å². The number of benzene rings is 3. The summed E-state index contributed by atoms with van der Waals surface area (Å²) in [5.74, 6) is -0.583.